The molecule has 2 unspecified atom stereocenters. The number of ether oxygens (including phenoxy) is 5. The van der Waals surface area contributed by atoms with Gasteiger partial charge in [0.1, 0.15) is 18.3 Å². The highest BCUT2D eigenvalue weighted by atomic mass is 16.6. The zero-order valence-corrected chi connectivity index (χ0v) is 46.7. The highest BCUT2D eigenvalue weighted by Crippen LogP contribution is 2.49. The number of alkyl carbamates (subject to hydrolysis) is 2. The molecular formula is C59H102N6O8. The summed E-state index contributed by atoms with van der Waals surface area (Å²) in [7, 11) is 0. The SMILES string of the molecule is CCN(CC)CC(COC1CCC(C(C)(C)C2CCC(OCC(CN(CC)CC)OC(=O)NC3CCC(CC4CCC(OC#N)CC4)CC3)CC2)CC1)OC(=O)NC1CCC(CC2CCC(N=C=O)CC2)CC1. The number of hydrogen-bond donors (Lipinski definition) is 2. The maximum absolute atomic E-state index is 13.4. The summed E-state index contributed by atoms with van der Waals surface area (Å²) in [6.45, 7) is 19.5. The molecule has 0 heterocycles. The second-order valence-corrected chi connectivity index (χ2v) is 24.4. The number of carbonyl (C=O) groups excluding carboxylic acids is 3. The lowest BCUT2D eigenvalue weighted by Crippen LogP contribution is -2.44. The Labute approximate surface area is 442 Å². The van der Waals surface area contributed by atoms with Gasteiger partial charge in [-0.3, -0.25) is 0 Å². The summed E-state index contributed by atoms with van der Waals surface area (Å²) < 4.78 is 30.7. The van der Waals surface area contributed by atoms with E-state index >= 15 is 0 Å². The lowest BCUT2D eigenvalue weighted by Gasteiger charge is -2.46. The van der Waals surface area contributed by atoms with Gasteiger partial charge >= 0.3 is 12.2 Å². The number of nitriles is 1. The van der Waals surface area contributed by atoms with Gasteiger partial charge in [-0.1, -0.05) is 41.5 Å². The number of carbonyl (C=O) groups is 2. The van der Waals surface area contributed by atoms with Crippen molar-refractivity contribution < 1.29 is 38.1 Å². The molecule has 2 atom stereocenters. The highest BCUT2D eigenvalue weighted by Gasteiger charge is 2.41. The molecule has 6 saturated carbocycles. The Bertz CT molecular complexity index is 1650. The van der Waals surface area contributed by atoms with Crippen LogP contribution in [0.2, 0.25) is 0 Å². The van der Waals surface area contributed by atoms with Crippen molar-refractivity contribution in [2.75, 3.05) is 52.5 Å². The number of nitrogens with zero attached hydrogens (tertiary/aromatic N) is 4. The fraction of sp³-hybridized carbons (Fsp3) is 0.932. The summed E-state index contributed by atoms with van der Waals surface area (Å²) in [6.07, 6.45) is 31.4. The minimum absolute atomic E-state index is 0.113. The number of likely N-dealkylation sites (N-methyl/N-ethyl adjacent to an activating group) is 2. The summed E-state index contributed by atoms with van der Waals surface area (Å²) in [6, 6.07) is 0.499. The molecule has 6 aliphatic rings. The van der Waals surface area contributed by atoms with Crippen LogP contribution in [0.15, 0.2) is 4.99 Å². The van der Waals surface area contributed by atoms with Crippen molar-refractivity contribution in [1.82, 2.24) is 20.4 Å². The number of hydrogen-bond acceptors (Lipinski definition) is 12. The fourth-order valence-corrected chi connectivity index (χ4v) is 14.4. The number of isocyanates is 1. The average Bonchev–Trinajstić information content (AvgIpc) is 3.40. The van der Waals surface area contributed by atoms with E-state index in [1.807, 2.05) is 6.26 Å². The van der Waals surface area contributed by atoms with Crippen LogP contribution in [0.4, 0.5) is 9.59 Å². The topological polar surface area (TPSA) is 164 Å². The molecule has 0 spiro atoms. The van der Waals surface area contributed by atoms with E-state index in [-0.39, 0.29) is 66.2 Å². The Kier molecular flexibility index (Phi) is 25.4. The molecule has 0 aromatic rings. The summed E-state index contributed by atoms with van der Waals surface area (Å²) in [4.78, 5) is 46.0. The maximum Gasteiger partial charge on any atom is 0.407 e. The molecule has 416 valence electrons. The first-order valence-corrected chi connectivity index (χ1v) is 30.1. The van der Waals surface area contributed by atoms with Gasteiger partial charge in [-0.15, -0.1) is 0 Å². The normalized spacial score (nSPS) is 32.1. The van der Waals surface area contributed by atoms with Gasteiger partial charge in [-0.2, -0.15) is 5.26 Å². The fourth-order valence-electron chi connectivity index (χ4n) is 14.4. The van der Waals surface area contributed by atoms with Crippen LogP contribution in [0.3, 0.4) is 0 Å². The first-order chi connectivity index (χ1) is 35.4. The van der Waals surface area contributed by atoms with Crippen LogP contribution in [0.1, 0.15) is 208 Å². The summed E-state index contributed by atoms with van der Waals surface area (Å²) >= 11 is 0. The van der Waals surface area contributed by atoms with Crippen LogP contribution < -0.4 is 10.6 Å². The van der Waals surface area contributed by atoms with Gasteiger partial charge in [0.2, 0.25) is 6.08 Å². The van der Waals surface area contributed by atoms with E-state index < -0.39 is 0 Å². The van der Waals surface area contributed by atoms with Crippen molar-refractivity contribution in [3.05, 3.63) is 0 Å². The smallest absolute Gasteiger partial charge is 0.407 e. The Hall–Kier alpha value is -2.95. The molecule has 0 bridgehead atoms. The van der Waals surface area contributed by atoms with Gasteiger partial charge in [0, 0.05) is 25.2 Å². The molecule has 6 rings (SSSR count). The summed E-state index contributed by atoms with van der Waals surface area (Å²) in [5.74, 6) is 4.17. The van der Waals surface area contributed by atoms with Crippen LogP contribution in [0.5, 0.6) is 0 Å². The third kappa shape index (κ3) is 19.9. The molecule has 14 heteroatoms. The van der Waals surface area contributed by atoms with Crippen LogP contribution in [0.25, 0.3) is 0 Å². The zero-order valence-electron chi connectivity index (χ0n) is 46.7. The van der Waals surface area contributed by atoms with E-state index in [0.717, 1.165) is 192 Å². The van der Waals surface area contributed by atoms with Gasteiger partial charge in [0.25, 0.3) is 6.26 Å². The van der Waals surface area contributed by atoms with E-state index in [1.165, 1.54) is 12.8 Å². The molecule has 0 aromatic heterocycles. The van der Waals surface area contributed by atoms with E-state index in [0.29, 0.717) is 50.0 Å². The molecule has 2 amide bonds. The predicted octanol–water partition coefficient (Wildman–Crippen LogP) is 11.9. The third-order valence-electron chi connectivity index (χ3n) is 19.5. The predicted molar refractivity (Wildman–Crippen MR) is 287 cm³/mol. The molecule has 14 nitrogen and oxygen atoms in total. The van der Waals surface area contributed by atoms with Crippen molar-refractivity contribution in [3.63, 3.8) is 0 Å². The van der Waals surface area contributed by atoms with Gasteiger partial charge in [0.15, 0.2) is 0 Å². The van der Waals surface area contributed by atoms with Crippen LogP contribution >= 0.6 is 0 Å². The van der Waals surface area contributed by atoms with Crippen LogP contribution in [-0.2, 0) is 28.5 Å². The Balaban J connectivity index is 0.867. The lowest BCUT2D eigenvalue weighted by molar-refractivity contribution is -0.0671. The minimum Gasteiger partial charge on any atom is -0.442 e. The van der Waals surface area contributed by atoms with E-state index in [4.69, 9.17) is 28.9 Å². The number of nitrogens with one attached hydrogen (secondary N) is 2. The summed E-state index contributed by atoms with van der Waals surface area (Å²) in [5.41, 5.74) is 0.230. The standard InChI is InChI=1S/C59H102N6O8/c1-7-64(8-2)37-55(72-57(67)62-50-25-13-44(14-26-50)35-43-11-23-49(24-12-43)61-42-66)39-69-52-31-19-47(20-32-52)59(5,6)48-21-33-53(34-22-48)70-40-56(38-65(9-3)10-4)73-58(68)63-51-27-15-45(16-28-51)36-46-17-29-54(30-18-46)71-41-60/h43-56H,7-40H2,1-6H3,(H,62,67)(H,63,68). The van der Waals surface area contributed by atoms with Crippen molar-refractivity contribution in [2.24, 2.45) is 45.9 Å². The molecule has 73 heavy (non-hydrogen) atoms. The van der Waals surface area contributed by atoms with Gasteiger partial charge in [0.05, 0.1) is 31.5 Å². The molecule has 0 aromatic carbocycles. The quantitative estimate of drug-likeness (QED) is 0.0481. The maximum atomic E-state index is 13.4. The Morgan fingerprint density at radius 3 is 1.26 bits per heavy atom. The van der Waals surface area contributed by atoms with Crippen molar-refractivity contribution in [3.8, 4) is 6.26 Å². The monoisotopic (exact) mass is 1020 g/mol. The van der Waals surface area contributed by atoms with E-state index in [2.05, 4.69) is 67.0 Å². The van der Waals surface area contributed by atoms with Crippen molar-refractivity contribution in [2.45, 2.75) is 257 Å². The molecule has 0 saturated heterocycles. The Morgan fingerprint density at radius 1 is 0.548 bits per heavy atom. The molecule has 6 aliphatic carbocycles. The summed E-state index contributed by atoms with van der Waals surface area (Å²) in [5, 5.41) is 15.3. The largest absolute Gasteiger partial charge is 0.442 e. The molecule has 2 N–H and O–H groups in total. The number of aliphatic imine (C=N–C) groups is 1. The second-order valence-electron chi connectivity index (χ2n) is 24.4. The second kappa shape index (κ2) is 31.3. The van der Waals surface area contributed by atoms with Crippen molar-refractivity contribution >= 4 is 18.3 Å². The third-order valence-corrected chi connectivity index (χ3v) is 19.5. The molecule has 0 aliphatic heterocycles. The van der Waals surface area contributed by atoms with Crippen LogP contribution in [0, 0.1) is 52.4 Å². The van der Waals surface area contributed by atoms with E-state index in [9.17, 15) is 14.4 Å². The highest BCUT2D eigenvalue weighted by molar-refractivity contribution is 5.68. The Morgan fingerprint density at radius 2 is 0.904 bits per heavy atom. The zero-order chi connectivity index (χ0) is 52.0. The minimum atomic E-state index is -0.312. The van der Waals surface area contributed by atoms with Gasteiger partial charge < -0.3 is 44.1 Å². The number of amides is 2. The lowest BCUT2D eigenvalue weighted by atomic mass is 9.60. The molecular weight excluding hydrogens is 921 g/mol. The van der Waals surface area contributed by atoms with Gasteiger partial charge in [-0.25, -0.2) is 19.4 Å². The van der Waals surface area contributed by atoms with Gasteiger partial charge in [-0.05, 0) is 234 Å². The molecule has 6 fully saturated rings. The van der Waals surface area contributed by atoms with Crippen LogP contribution in [-0.4, -0.2) is 129 Å². The van der Waals surface area contributed by atoms with Crippen molar-refractivity contribution in [1.29, 1.82) is 5.26 Å². The molecule has 0 radical (unpaired) electrons. The first-order valence-electron chi connectivity index (χ1n) is 30.1. The first kappa shape index (κ1) is 59.3. The van der Waals surface area contributed by atoms with E-state index in [1.54, 1.807) is 6.08 Å². The number of rotatable bonds is 26. The average molecular weight is 1020 g/mol.